The predicted molar refractivity (Wildman–Crippen MR) is 92.9 cm³/mol. The molecule has 0 saturated carbocycles. The van der Waals surface area contributed by atoms with Crippen LogP contribution in [0.15, 0.2) is 42.0 Å². The molecule has 0 aliphatic rings. The van der Waals surface area contributed by atoms with E-state index in [2.05, 4.69) is 20.6 Å². The number of rotatable bonds is 4. The highest BCUT2D eigenvalue weighted by Gasteiger charge is 2.14. The molecule has 0 spiro atoms. The second kappa shape index (κ2) is 6.02. The number of carbonyl (C=O) groups is 1. The average molecular weight is 357 g/mol. The van der Waals surface area contributed by atoms with Gasteiger partial charge < -0.3 is 10.1 Å². The number of methoxy groups -OCH3 is 1. The van der Waals surface area contributed by atoms with Gasteiger partial charge in [-0.25, -0.2) is 0 Å². The highest BCUT2D eigenvalue weighted by molar-refractivity contribution is 7.19. The van der Waals surface area contributed by atoms with Crippen molar-refractivity contribution in [1.82, 2.24) is 19.8 Å². The maximum atomic E-state index is 12.3. The van der Waals surface area contributed by atoms with E-state index in [9.17, 15) is 4.79 Å². The van der Waals surface area contributed by atoms with E-state index in [1.165, 1.54) is 22.7 Å². The van der Waals surface area contributed by atoms with Gasteiger partial charge in [-0.3, -0.25) is 4.79 Å². The Morgan fingerprint density at radius 2 is 2.25 bits per heavy atom. The molecule has 9 heteroatoms. The fourth-order valence-electron chi connectivity index (χ4n) is 2.21. The summed E-state index contributed by atoms with van der Waals surface area (Å²) in [4.78, 5) is 13.7. The molecule has 7 nitrogen and oxygen atoms in total. The minimum Gasteiger partial charge on any atom is -0.495 e. The second-order valence-corrected chi connectivity index (χ2v) is 6.72. The molecule has 0 unspecified atom stereocenters. The first-order chi connectivity index (χ1) is 11.7. The Morgan fingerprint density at radius 1 is 1.33 bits per heavy atom. The van der Waals surface area contributed by atoms with E-state index in [-0.39, 0.29) is 5.91 Å². The summed E-state index contributed by atoms with van der Waals surface area (Å²) >= 11 is 2.81. The van der Waals surface area contributed by atoms with Gasteiger partial charge >= 0.3 is 0 Å². The number of benzene rings is 1. The number of aromatic nitrogens is 4. The lowest BCUT2D eigenvalue weighted by atomic mass is 10.2. The van der Waals surface area contributed by atoms with Crippen molar-refractivity contribution in [3.05, 3.63) is 46.9 Å². The van der Waals surface area contributed by atoms with E-state index < -0.39 is 0 Å². The molecule has 1 amide bonds. The summed E-state index contributed by atoms with van der Waals surface area (Å²) in [6, 6.07) is 9.16. The number of hydrogen-bond acceptors (Lipinski definition) is 7. The zero-order chi connectivity index (χ0) is 16.5. The molecular formula is C15H11N5O2S2. The highest BCUT2D eigenvalue weighted by atomic mass is 32.1. The molecule has 24 heavy (non-hydrogen) atoms. The van der Waals surface area contributed by atoms with Crippen LogP contribution in [0.5, 0.6) is 5.75 Å². The molecule has 0 aliphatic carbocycles. The first-order valence-electron chi connectivity index (χ1n) is 6.95. The van der Waals surface area contributed by atoms with E-state index in [0.717, 1.165) is 10.6 Å². The van der Waals surface area contributed by atoms with E-state index in [4.69, 9.17) is 4.74 Å². The summed E-state index contributed by atoms with van der Waals surface area (Å²) in [6.45, 7) is 0. The summed E-state index contributed by atoms with van der Waals surface area (Å²) in [6.07, 6.45) is 1.55. The SMILES string of the molecule is COc1ccc(-c2nn3cnnc3s2)cc1NC(=O)c1cccs1. The summed E-state index contributed by atoms with van der Waals surface area (Å²) < 4.78 is 6.96. The Kier molecular flexibility index (Phi) is 3.71. The molecule has 0 radical (unpaired) electrons. The second-order valence-electron chi connectivity index (χ2n) is 4.81. The predicted octanol–water partition coefficient (Wildman–Crippen LogP) is 3.18. The van der Waals surface area contributed by atoms with E-state index in [1.807, 2.05) is 29.6 Å². The van der Waals surface area contributed by atoms with Crippen molar-refractivity contribution in [3.63, 3.8) is 0 Å². The first kappa shape index (κ1) is 14.8. The van der Waals surface area contributed by atoms with Crippen molar-refractivity contribution in [1.29, 1.82) is 0 Å². The highest BCUT2D eigenvalue weighted by Crippen LogP contribution is 2.33. The maximum absolute atomic E-state index is 12.3. The third-order valence-electron chi connectivity index (χ3n) is 3.33. The van der Waals surface area contributed by atoms with Gasteiger partial charge in [-0.05, 0) is 29.6 Å². The Hall–Kier alpha value is -2.78. The van der Waals surface area contributed by atoms with Crippen LogP contribution < -0.4 is 10.1 Å². The van der Waals surface area contributed by atoms with Gasteiger partial charge in [-0.1, -0.05) is 17.4 Å². The molecular weight excluding hydrogens is 346 g/mol. The van der Waals surface area contributed by atoms with Gasteiger partial charge in [-0.2, -0.15) is 9.61 Å². The van der Waals surface area contributed by atoms with Crippen LogP contribution in [-0.4, -0.2) is 32.8 Å². The van der Waals surface area contributed by atoms with Crippen LogP contribution in [-0.2, 0) is 0 Å². The topological polar surface area (TPSA) is 81.4 Å². The number of anilines is 1. The Morgan fingerprint density at radius 3 is 3.00 bits per heavy atom. The summed E-state index contributed by atoms with van der Waals surface area (Å²) in [5.41, 5.74) is 1.46. The van der Waals surface area contributed by atoms with Gasteiger partial charge in [0.15, 0.2) is 0 Å². The standard InChI is InChI=1S/C15H11N5O2S2/c1-22-11-5-4-9(14-19-20-8-16-18-15(20)24-14)7-10(11)17-13(21)12-3-2-6-23-12/h2-8H,1H3,(H,17,21). The molecule has 0 saturated heterocycles. The van der Waals surface area contributed by atoms with Gasteiger partial charge in [0.05, 0.1) is 17.7 Å². The number of fused-ring (bicyclic) bond motifs is 1. The molecule has 3 heterocycles. The Labute approximate surface area is 144 Å². The molecule has 3 aromatic heterocycles. The molecule has 0 fully saturated rings. The number of nitrogens with one attached hydrogen (secondary N) is 1. The molecule has 4 aromatic rings. The monoisotopic (exact) mass is 357 g/mol. The van der Waals surface area contributed by atoms with E-state index >= 15 is 0 Å². The number of thiophene rings is 1. The Bertz CT molecular complexity index is 978. The molecule has 0 aliphatic heterocycles. The van der Waals surface area contributed by atoms with Crippen molar-refractivity contribution < 1.29 is 9.53 Å². The van der Waals surface area contributed by atoms with Gasteiger partial charge in [0.2, 0.25) is 4.96 Å². The van der Waals surface area contributed by atoms with Crippen LogP contribution in [0, 0.1) is 0 Å². The zero-order valence-electron chi connectivity index (χ0n) is 12.5. The molecule has 120 valence electrons. The molecule has 0 bridgehead atoms. The molecule has 4 rings (SSSR count). The summed E-state index contributed by atoms with van der Waals surface area (Å²) in [5.74, 6) is 0.422. The largest absolute Gasteiger partial charge is 0.495 e. The minimum atomic E-state index is -0.168. The number of hydrogen-bond donors (Lipinski definition) is 1. The van der Waals surface area contributed by atoms with Crippen LogP contribution >= 0.6 is 22.7 Å². The van der Waals surface area contributed by atoms with Crippen LogP contribution in [0.4, 0.5) is 5.69 Å². The van der Waals surface area contributed by atoms with Crippen molar-refractivity contribution in [2.24, 2.45) is 0 Å². The quantitative estimate of drug-likeness (QED) is 0.607. The molecule has 1 aromatic carbocycles. The number of carbonyl (C=O) groups excluding carboxylic acids is 1. The van der Waals surface area contributed by atoms with Crippen molar-refractivity contribution in [3.8, 4) is 16.3 Å². The molecule has 0 atom stereocenters. The van der Waals surface area contributed by atoms with E-state index in [1.54, 1.807) is 24.0 Å². The van der Waals surface area contributed by atoms with Crippen LogP contribution in [0.3, 0.4) is 0 Å². The zero-order valence-corrected chi connectivity index (χ0v) is 14.1. The lowest BCUT2D eigenvalue weighted by Gasteiger charge is -2.10. The number of amides is 1. The van der Waals surface area contributed by atoms with Gasteiger partial charge in [0, 0.05) is 5.56 Å². The molecule has 1 N–H and O–H groups in total. The minimum absolute atomic E-state index is 0.168. The number of ether oxygens (including phenoxy) is 1. The van der Waals surface area contributed by atoms with Gasteiger partial charge in [0.1, 0.15) is 17.1 Å². The third-order valence-corrected chi connectivity index (χ3v) is 5.16. The lowest BCUT2D eigenvalue weighted by molar-refractivity contribution is 0.103. The lowest BCUT2D eigenvalue weighted by Crippen LogP contribution is -2.11. The normalized spacial score (nSPS) is 10.9. The summed E-state index contributed by atoms with van der Waals surface area (Å²) in [7, 11) is 1.57. The van der Waals surface area contributed by atoms with E-state index in [0.29, 0.717) is 21.3 Å². The van der Waals surface area contributed by atoms with Crippen LogP contribution in [0.25, 0.3) is 15.5 Å². The number of nitrogens with zero attached hydrogens (tertiary/aromatic N) is 4. The van der Waals surface area contributed by atoms with Crippen molar-refractivity contribution in [2.45, 2.75) is 0 Å². The van der Waals surface area contributed by atoms with Gasteiger partial charge in [-0.15, -0.1) is 21.5 Å². The maximum Gasteiger partial charge on any atom is 0.265 e. The third kappa shape index (κ3) is 2.63. The average Bonchev–Trinajstić information content (AvgIpc) is 3.31. The van der Waals surface area contributed by atoms with Gasteiger partial charge in [0.25, 0.3) is 5.91 Å². The Balaban J connectivity index is 1.70. The fraction of sp³-hybridized carbons (Fsp3) is 0.0667. The van der Waals surface area contributed by atoms with Crippen LogP contribution in [0.1, 0.15) is 9.67 Å². The van der Waals surface area contributed by atoms with Crippen molar-refractivity contribution >= 4 is 39.2 Å². The summed E-state index contributed by atoms with van der Waals surface area (Å²) in [5, 5.41) is 17.7. The first-order valence-corrected chi connectivity index (χ1v) is 8.64. The fourth-order valence-corrected chi connectivity index (χ4v) is 3.64. The van der Waals surface area contributed by atoms with Crippen LogP contribution in [0.2, 0.25) is 0 Å². The van der Waals surface area contributed by atoms with Crippen molar-refractivity contribution in [2.75, 3.05) is 12.4 Å². The smallest absolute Gasteiger partial charge is 0.265 e.